The molecule has 0 spiro atoms. The first kappa shape index (κ1) is 20.1. The van der Waals surface area contributed by atoms with Crippen molar-refractivity contribution >= 4 is 28.5 Å². The fourth-order valence-corrected chi connectivity index (χ4v) is 3.54. The van der Waals surface area contributed by atoms with Crippen molar-refractivity contribution in [2.75, 3.05) is 6.61 Å². The Morgan fingerprint density at radius 1 is 1.18 bits per heavy atom. The molecule has 0 atom stereocenters. The minimum Gasteiger partial charge on any atom is -0.477 e. The van der Waals surface area contributed by atoms with Gasteiger partial charge < -0.3 is 14.8 Å². The zero-order valence-electron chi connectivity index (χ0n) is 15.6. The van der Waals surface area contributed by atoms with Crippen LogP contribution in [-0.4, -0.2) is 27.4 Å². The molecule has 146 valence electrons. The molecule has 0 saturated heterocycles. The number of benzene rings is 2. The third kappa shape index (κ3) is 4.11. The predicted octanol–water partition coefficient (Wildman–Crippen LogP) is 4.02. The molecule has 0 bridgehead atoms. The number of aromatic carboxylic acids is 1. The maximum absolute atomic E-state index is 12.7. The Morgan fingerprint density at radius 2 is 1.96 bits per heavy atom. The number of hydrogen-bond donors (Lipinski definition) is 2. The standard InChI is InChI=1S/C22H22ClNO4/c1-14-5-4-6-16(20(14)23)11-15-7-8-19-17(12-15)21(26)18(22(27)28)13-24(19)9-2-3-10-25/h4-8,12-13,25H,2-3,9-11H2,1H3,(H,27,28). The molecule has 1 aromatic heterocycles. The lowest BCUT2D eigenvalue weighted by Gasteiger charge is -2.14. The highest BCUT2D eigenvalue weighted by atomic mass is 35.5. The highest BCUT2D eigenvalue weighted by molar-refractivity contribution is 6.32. The molecule has 0 aliphatic carbocycles. The highest BCUT2D eigenvalue weighted by Gasteiger charge is 2.15. The first-order valence-electron chi connectivity index (χ1n) is 9.16. The van der Waals surface area contributed by atoms with Crippen LogP contribution in [0.5, 0.6) is 0 Å². The summed E-state index contributed by atoms with van der Waals surface area (Å²) < 4.78 is 1.78. The second-order valence-electron chi connectivity index (χ2n) is 6.88. The Balaban J connectivity index is 2.08. The third-order valence-corrected chi connectivity index (χ3v) is 5.39. The molecule has 0 unspecified atom stereocenters. The molecule has 0 saturated carbocycles. The Bertz CT molecular complexity index is 1090. The molecule has 28 heavy (non-hydrogen) atoms. The zero-order chi connectivity index (χ0) is 20.3. The third-order valence-electron chi connectivity index (χ3n) is 4.85. The van der Waals surface area contributed by atoms with Gasteiger partial charge in [0.25, 0.3) is 0 Å². The number of aliphatic hydroxyl groups excluding tert-OH is 1. The van der Waals surface area contributed by atoms with Crippen molar-refractivity contribution in [1.82, 2.24) is 4.57 Å². The number of rotatable bonds is 7. The van der Waals surface area contributed by atoms with Crippen LogP contribution in [0.2, 0.25) is 5.02 Å². The maximum Gasteiger partial charge on any atom is 0.341 e. The van der Waals surface area contributed by atoms with Gasteiger partial charge in [0.1, 0.15) is 5.56 Å². The molecule has 5 nitrogen and oxygen atoms in total. The van der Waals surface area contributed by atoms with Gasteiger partial charge in [-0.25, -0.2) is 4.79 Å². The van der Waals surface area contributed by atoms with Gasteiger partial charge in [-0.15, -0.1) is 0 Å². The van der Waals surface area contributed by atoms with Crippen LogP contribution in [-0.2, 0) is 13.0 Å². The number of fused-ring (bicyclic) bond motifs is 1. The van der Waals surface area contributed by atoms with Gasteiger partial charge in [-0.2, -0.15) is 0 Å². The fourth-order valence-electron chi connectivity index (χ4n) is 3.35. The molecule has 0 aliphatic heterocycles. The summed E-state index contributed by atoms with van der Waals surface area (Å²) in [5.41, 5.74) is 2.78. The molecule has 3 rings (SSSR count). The normalized spacial score (nSPS) is 11.1. The summed E-state index contributed by atoms with van der Waals surface area (Å²) in [6, 6.07) is 11.4. The Labute approximate surface area is 167 Å². The molecular formula is C22H22ClNO4. The van der Waals surface area contributed by atoms with Crippen LogP contribution in [0.3, 0.4) is 0 Å². The molecule has 1 heterocycles. The molecule has 0 aliphatic rings. The predicted molar refractivity (Wildman–Crippen MR) is 110 cm³/mol. The van der Waals surface area contributed by atoms with Crippen LogP contribution >= 0.6 is 11.6 Å². The van der Waals surface area contributed by atoms with E-state index in [-0.39, 0.29) is 12.2 Å². The van der Waals surface area contributed by atoms with E-state index in [1.54, 1.807) is 10.6 Å². The smallest absolute Gasteiger partial charge is 0.341 e. The van der Waals surface area contributed by atoms with Crippen LogP contribution < -0.4 is 5.43 Å². The van der Waals surface area contributed by atoms with E-state index in [2.05, 4.69) is 0 Å². The second kappa shape index (κ2) is 8.59. The highest BCUT2D eigenvalue weighted by Crippen LogP contribution is 2.24. The van der Waals surface area contributed by atoms with E-state index in [0.717, 1.165) is 16.7 Å². The summed E-state index contributed by atoms with van der Waals surface area (Å²) in [5, 5.41) is 19.5. The van der Waals surface area contributed by atoms with Crippen molar-refractivity contribution in [3.05, 3.63) is 80.1 Å². The largest absolute Gasteiger partial charge is 0.477 e. The summed E-state index contributed by atoms with van der Waals surface area (Å²) in [5.74, 6) is -1.24. The Kier molecular flexibility index (Phi) is 6.17. The van der Waals surface area contributed by atoms with Crippen molar-refractivity contribution in [2.24, 2.45) is 0 Å². The zero-order valence-corrected chi connectivity index (χ0v) is 16.4. The minimum absolute atomic E-state index is 0.0747. The molecule has 2 N–H and O–H groups in total. The van der Waals surface area contributed by atoms with Crippen molar-refractivity contribution in [3.8, 4) is 0 Å². The Morgan fingerprint density at radius 3 is 2.68 bits per heavy atom. The summed E-state index contributed by atoms with van der Waals surface area (Å²) >= 11 is 6.39. The Hall–Kier alpha value is -2.63. The van der Waals surface area contributed by atoms with Crippen LogP contribution in [0.1, 0.15) is 39.9 Å². The van der Waals surface area contributed by atoms with Gasteiger partial charge in [0.05, 0.1) is 5.52 Å². The number of halogens is 1. The average molecular weight is 400 g/mol. The maximum atomic E-state index is 12.7. The topological polar surface area (TPSA) is 79.5 Å². The van der Waals surface area contributed by atoms with Gasteiger partial charge in [-0.1, -0.05) is 35.9 Å². The van der Waals surface area contributed by atoms with E-state index in [9.17, 15) is 14.7 Å². The second-order valence-corrected chi connectivity index (χ2v) is 7.26. The number of pyridine rings is 1. The van der Waals surface area contributed by atoms with Crippen LogP contribution in [0, 0.1) is 6.92 Å². The van der Waals surface area contributed by atoms with E-state index >= 15 is 0 Å². The first-order valence-corrected chi connectivity index (χ1v) is 9.54. The molecule has 0 fully saturated rings. The number of nitrogens with zero attached hydrogens (tertiary/aromatic N) is 1. The van der Waals surface area contributed by atoms with Gasteiger partial charge in [0.15, 0.2) is 0 Å². The van der Waals surface area contributed by atoms with Gasteiger partial charge >= 0.3 is 5.97 Å². The number of unbranched alkanes of at least 4 members (excludes halogenated alkanes) is 1. The number of aryl methyl sites for hydroxylation is 2. The summed E-state index contributed by atoms with van der Waals surface area (Å²) in [7, 11) is 0. The molecule has 2 aromatic carbocycles. The monoisotopic (exact) mass is 399 g/mol. The number of carboxylic acids is 1. The SMILES string of the molecule is Cc1cccc(Cc2ccc3c(c2)c(=O)c(C(=O)O)cn3CCCCO)c1Cl. The lowest BCUT2D eigenvalue weighted by atomic mass is 10.0. The first-order chi connectivity index (χ1) is 13.4. The number of carboxylic acid groups (broad SMARTS) is 1. The molecule has 6 heteroatoms. The molecule has 3 aromatic rings. The van der Waals surface area contributed by atoms with Crippen LogP contribution in [0.15, 0.2) is 47.4 Å². The van der Waals surface area contributed by atoms with Crippen LogP contribution in [0.4, 0.5) is 0 Å². The van der Waals surface area contributed by atoms with E-state index < -0.39 is 11.4 Å². The molecule has 0 radical (unpaired) electrons. The van der Waals surface area contributed by atoms with Gasteiger partial charge in [0, 0.05) is 29.8 Å². The quantitative estimate of drug-likeness (QED) is 0.588. The van der Waals surface area contributed by atoms with Crippen LogP contribution in [0.25, 0.3) is 10.9 Å². The average Bonchev–Trinajstić information content (AvgIpc) is 2.67. The fraction of sp³-hybridized carbons (Fsp3) is 0.273. The van der Waals surface area contributed by atoms with Gasteiger partial charge in [0.2, 0.25) is 5.43 Å². The van der Waals surface area contributed by atoms with E-state index in [1.807, 2.05) is 37.3 Å². The van der Waals surface area contributed by atoms with Gasteiger partial charge in [-0.3, -0.25) is 4.79 Å². The lowest BCUT2D eigenvalue weighted by molar-refractivity contribution is 0.0694. The van der Waals surface area contributed by atoms with E-state index in [1.165, 1.54) is 6.20 Å². The number of hydrogen-bond acceptors (Lipinski definition) is 3. The van der Waals surface area contributed by atoms with Crippen molar-refractivity contribution in [1.29, 1.82) is 0 Å². The minimum atomic E-state index is -1.24. The van der Waals surface area contributed by atoms with E-state index in [0.29, 0.717) is 41.7 Å². The summed E-state index contributed by atoms with van der Waals surface area (Å²) in [6.07, 6.45) is 3.24. The lowest BCUT2D eigenvalue weighted by Crippen LogP contribution is -2.19. The number of aromatic nitrogens is 1. The van der Waals surface area contributed by atoms with Crippen molar-refractivity contribution in [3.63, 3.8) is 0 Å². The van der Waals surface area contributed by atoms with Gasteiger partial charge in [-0.05, 0) is 55.0 Å². The molecule has 0 amide bonds. The summed E-state index contributed by atoms with van der Waals surface area (Å²) in [6.45, 7) is 2.54. The summed E-state index contributed by atoms with van der Waals surface area (Å²) in [4.78, 5) is 24.3. The number of carbonyl (C=O) groups is 1. The number of aliphatic hydroxyl groups is 1. The van der Waals surface area contributed by atoms with Crippen molar-refractivity contribution < 1.29 is 15.0 Å². The van der Waals surface area contributed by atoms with Crippen molar-refractivity contribution in [2.45, 2.75) is 32.7 Å². The molecular weight excluding hydrogens is 378 g/mol. The van der Waals surface area contributed by atoms with E-state index in [4.69, 9.17) is 16.7 Å².